The van der Waals surface area contributed by atoms with Crippen LogP contribution in [-0.4, -0.2) is 6.85 Å². The first-order valence-corrected chi connectivity index (χ1v) is 21.3. The first kappa shape index (κ1) is 33.8. The highest BCUT2D eigenvalue weighted by molar-refractivity contribution is 7.25. The third kappa shape index (κ3) is 4.50. The monoisotopic (exact) mass is 760 g/mol. The number of benzene rings is 8. The minimum absolute atomic E-state index is 0.0499. The molecule has 4 heterocycles. The molecule has 2 nitrogen and oxygen atoms in total. The number of fused-ring (bicyclic) bond motifs is 9. The van der Waals surface area contributed by atoms with Gasteiger partial charge in [0.25, 0.3) is 0 Å². The van der Waals surface area contributed by atoms with Crippen molar-refractivity contribution >= 4 is 77.7 Å². The summed E-state index contributed by atoms with van der Waals surface area (Å²) in [6.07, 6.45) is 0. The lowest BCUT2D eigenvalue weighted by molar-refractivity contribution is 0.590. The van der Waals surface area contributed by atoms with Crippen molar-refractivity contribution in [2.24, 2.45) is 0 Å². The molecular formula is C54H41BN2S. The Hall–Kier alpha value is -6.36. The molecule has 0 N–H and O–H groups in total. The predicted molar refractivity (Wildman–Crippen MR) is 248 cm³/mol. The van der Waals surface area contributed by atoms with Gasteiger partial charge in [0.05, 0.1) is 11.1 Å². The molecular weight excluding hydrogens is 719 g/mol. The van der Waals surface area contributed by atoms with Gasteiger partial charge in [0, 0.05) is 48.5 Å². The van der Waals surface area contributed by atoms with E-state index in [4.69, 9.17) is 0 Å². The molecule has 0 spiro atoms. The summed E-state index contributed by atoms with van der Waals surface area (Å²) in [4.78, 5) is 5.30. The maximum Gasteiger partial charge on any atom is 0.333 e. The number of hydrogen-bond donors (Lipinski definition) is 0. The Morgan fingerprint density at radius 2 is 1.21 bits per heavy atom. The van der Waals surface area contributed by atoms with Crippen molar-refractivity contribution in [3.63, 3.8) is 0 Å². The van der Waals surface area contributed by atoms with Crippen molar-refractivity contribution in [2.45, 2.75) is 38.5 Å². The van der Waals surface area contributed by atoms with Gasteiger partial charge in [-0.05, 0) is 105 Å². The second kappa shape index (κ2) is 12.1. The van der Waals surface area contributed by atoms with Crippen molar-refractivity contribution in [3.8, 4) is 11.1 Å². The molecule has 0 bridgehead atoms. The average Bonchev–Trinajstić information content (AvgIpc) is 3.62. The van der Waals surface area contributed by atoms with Crippen LogP contribution >= 0.6 is 11.3 Å². The van der Waals surface area contributed by atoms with Gasteiger partial charge in [-0.3, -0.25) is 0 Å². The molecule has 0 aliphatic carbocycles. The van der Waals surface area contributed by atoms with Crippen LogP contribution in [0.5, 0.6) is 0 Å². The number of rotatable bonds is 3. The van der Waals surface area contributed by atoms with Crippen molar-refractivity contribution in [1.29, 1.82) is 0 Å². The predicted octanol–water partition coefficient (Wildman–Crippen LogP) is 13.1. The Labute approximate surface area is 344 Å². The summed E-state index contributed by atoms with van der Waals surface area (Å²) in [6, 6.07) is 66.9. The second-order valence-electron chi connectivity index (χ2n) is 17.4. The Morgan fingerprint density at radius 1 is 0.534 bits per heavy atom. The fraction of sp³-hybridized carbons (Fsp3) is 0.111. The van der Waals surface area contributed by atoms with Gasteiger partial charge in [-0.25, -0.2) is 0 Å². The maximum atomic E-state index is 2.67. The largest absolute Gasteiger partial charge is 0.376 e. The van der Waals surface area contributed by atoms with E-state index in [9.17, 15) is 0 Å². The molecule has 276 valence electrons. The molecule has 0 atom stereocenters. The van der Waals surface area contributed by atoms with Gasteiger partial charge in [-0.2, -0.15) is 0 Å². The molecule has 8 aromatic carbocycles. The number of aryl methyl sites for hydroxylation is 1. The van der Waals surface area contributed by atoms with Crippen molar-refractivity contribution < 1.29 is 0 Å². The fourth-order valence-corrected chi connectivity index (χ4v) is 11.7. The van der Waals surface area contributed by atoms with Crippen molar-refractivity contribution in [2.75, 3.05) is 9.71 Å². The summed E-state index contributed by atoms with van der Waals surface area (Å²) in [6.45, 7) is 9.12. The smallest absolute Gasteiger partial charge is 0.333 e. The zero-order valence-electron chi connectivity index (χ0n) is 33.1. The van der Waals surface area contributed by atoms with Crippen LogP contribution in [0.4, 0.5) is 28.4 Å². The molecule has 3 aliphatic rings. The van der Waals surface area contributed by atoms with Gasteiger partial charge in [0.15, 0.2) is 0 Å². The van der Waals surface area contributed by atoms with Crippen molar-refractivity contribution in [3.05, 3.63) is 209 Å². The maximum absolute atomic E-state index is 2.67. The quantitative estimate of drug-likeness (QED) is 0.166. The highest BCUT2D eigenvalue weighted by Gasteiger charge is 2.53. The number of thiophene rings is 1. The summed E-state index contributed by atoms with van der Waals surface area (Å²) in [5, 5.41) is 2.65. The summed E-state index contributed by atoms with van der Waals surface area (Å²) >= 11 is 1.90. The van der Waals surface area contributed by atoms with E-state index in [-0.39, 0.29) is 12.3 Å². The molecule has 58 heavy (non-hydrogen) atoms. The number of nitrogens with zero attached hydrogens (tertiary/aromatic N) is 2. The molecule has 4 heteroatoms. The van der Waals surface area contributed by atoms with E-state index >= 15 is 0 Å². The number of hydrogen-bond acceptors (Lipinski definition) is 3. The highest BCUT2D eigenvalue weighted by atomic mass is 32.1. The van der Waals surface area contributed by atoms with Crippen LogP contribution in [0, 0.1) is 6.92 Å². The SMILES string of the molecule is Cc1cc2c3c(c1)N1c4ccccc4C(c4ccccc4)(c4ccccc4)c4cccc(c41)B3N(c1ccc(C(C)(C)C)cc1)c1cc3sc4ccccc4c3cc1-2. The van der Waals surface area contributed by atoms with Crippen LogP contribution in [0.1, 0.15) is 54.2 Å². The molecule has 0 amide bonds. The van der Waals surface area contributed by atoms with Gasteiger partial charge in [-0.1, -0.05) is 154 Å². The van der Waals surface area contributed by atoms with Gasteiger partial charge in [0.1, 0.15) is 0 Å². The Balaban J connectivity index is 1.23. The van der Waals surface area contributed by atoms with Crippen LogP contribution in [-0.2, 0) is 10.8 Å². The Kier molecular flexibility index (Phi) is 7.03. The Bertz CT molecular complexity index is 3080. The van der Waals surface area contributed by atoms with E-state index in [1.807, 2.05) is 11.3 Å². The van der Waals surface area contributed by atoms with Gasteiger partial charge >= 0.3 is 6.85 Å². The van der Waals surface area contributed by atoms with Crippen LogP contribution in [0.25, 0.3) is 31.3 Å². The Morgan fingerprint density at radius 3 is 1.95 bits per heavy atom. The molecule has 9 aromatic rings. The molecule has 0 saturated carbocycles. The normalized spacial score (nSPS) is 14.6. The lowest BCUT2D eigenvalue weighted by atomic mass is 9.42. The fourth-order valence-electron chi connectivity index (χ4n) is 10.6. The zero-order chi connectivity index (χ0) is 38.9. The van der Waals surface area contributed by atoms with Crippen LogP contribution in [0.2, 0.25) is 0 Å². The van der Waals surface area contributed by atoms with E-state index in [1.54, 1.807) is 0 Å². The van der Waals surface area contributed by atoms with Crippen LogP contribution in [0.15, 0.2) is 176 Å². The third-order valence-electron chi connectivity index (χ3n) is 13.1. The highest BCUT2D eigenvalue weighted by Crippen LogP contribution is 2.59. The van der Waals surface area contributed by atoms with E-state index < -0.39 is 5.41 Å². The molecule has 1 aromatic heterocycles. The summed E-state index contributed by atoms with van der Waals surface area (Å²) < 4.78 is 2.65. The van der Waals surface area contributed by atoms with Gasteiger partial charge in [0.2, 0.25) is 0 Å². The standard InChI is InChI=1S/C54H41BN2S/c1-34-30-42-40-32-41-39-20-11-14-25-49(39)58-50(41)33-47(40)57(38-28-26-35(27-29-38)53(2,3)4)55-45-23-15-22-44-52(45)56(48(31-34)51(42)55)46-24-13-12-21-43(46)54(44,36-16-7-5-8-17-36)37-18-9-6-10-19-37/h5-33H,1-4H3. The minimum Gasteiger partial charge on any atom is -0.376 e. The van der Waals surface area contributed by atoms with Crippen LogP contribution in [0.3, 0.4) is 0 Å². The topological polar surface area (TPSA) is 6.48 Å². The first-order valence-electron chi connectivity index (χ1n) is 20.5. The lowest BCUT2D eigenvalue weighted by Crippen LogP contribution is -2.62. The molecule has 0 unspecified atom stereocenters. The van der Waals surface area contributed by atoms with E-state index in [1.165, 1.54) is 104 Å². The molecule has 0 fully saturated rings. The first-order chi connectivity index (χ1) is 28.3. The number of anilines is 5. The molecule has 12 rings (SSSR count). The summed E-state index contributed by atoms with van der Waals surface area (Å²) in [5.41, 5.74) is 18.8. The van der Waals surface area contributed by atoms with Crippen molar-refractivity contribution in [1.82, 2.24) is 0 Å². The van der Waals surface area contributed by atoms with Gasteiger partial charge < -0.3 is 9.71 Å². The zero-order valence-corrected chi connectivity index (χ0v) is 33.9. The summed E-state index contributed by atoms with van der Waals surface area (Å²) in [7, 11) is 0. The van der Waals surface area contributed by atoms with E-state index in [2.05, 4.69) is 213 Å². The third-order valence-corrected chi connectivity index (χ3v) is 14.2. The average molecular weight is 761 g/mol. The summed E-state index contributed by atoms with van der Waals surface area (Å²) in [5.74, 6) is 0. The molecule has 0 saturated heterocycles. The van der Waals surface area contributed by atoms with E-state index in [0.717, 1.165) is 0 Å². The minimum atomic E-state index is -0.542. The van der Waals surface area contributed by atoms with Crippen LogP contribution < -0.4 is 20.6 Å². The lowest BCUT2D eigenvalue weighted by Gasteiger charge is -2.52. The second-order valence-corrected chi connectivity index (χ2v) is 18.4. The number of para-hydroxylation sites is 2. The molecule has 0 radical (unpaired) electrons. The van der Waals surface area contributed by atoms with E-state index in [0.29, 0.717) is 0 Å². The van der Waals surface area contributed by atoms with Gasteiger partial charge in [-0.15, -0.1) is 11.3 Å². The molecule has 3 aliphatic heterocycles.